The predicted molar refractivity (Wildman–Crippen MR) is 100.0 cm³/mol. The van der Waals surface area contributed by atoms with Gasteiger partial charge in [0.25, 0.3) is 0 Å². The molecule has 4 saturated carbocycles. The zero-order valence-electron chi connectivity index (χ0n) is 16.4. The third kappa shape index (κ3) is 2.67. The first-order valence-corrected chi connectivity index (χ1v) is 10.9. The Morgan fingerprint density at radius 1 is 1.00 bits per heavy atom. The van der Waals surface area contributed by atoms with Gasteiger partial charge in [-0.15, -0.1) is 0 Å². The number of carbonyl (C=O) groups excluding carboxylic acids is 1. The van der Waals surface area contributed by atoms with Crippen LogP contribution in [0.2, 0.25) is 0 Å². The summed E-state index contributed by atoms with van der Waals surface area (Å²) in [5, 5.41) is 13.5. The van der Waals surface area contributed by atoms with Crippen LogP contribution in [0.15, 0.2) is 0 Å². The predicted octanol–water partition coefficient (Wildman–Crippen LogP) is 4.28. The van der Waals surface area contributed by atoms with E-state index < -0.39 is 0 Å². The number of fused-ring (bicyclic) bond motifs is 5. The standard InChI is InChI=1S/C22H37NO2/c1-4-20(25)23-19-8-7-17-16-6-5-14-13-15(24)9-11-21(14,2)18(16)10-12-22(17,19)3/h14-19,24H,4-13H2,1-3H3,(H,23,25)/t14-,15+,16-,17-,18-,19-,21-,22-/m0/s1. The Bertz CT molecular complexity index is 534. The highest BCUT2D eigenvalue weighted by Crippen LogP contribution is 2.66. The maximum absolute atomic E-state index is 12.0. The van der Waals surface area contributed by atoms with E-state index in [1.165, 1.54) is 44.9 Å². The number of hydrogen-bond donors (Lipinski definition) is 2. The summed E-state index contributed by atoms with van der Waals surface area (Å²) in [6.45, 7) is 6.98. The Balaban J connectivity index is 1.55. The van der Waals surface area contributed by atoms with Crippen LogP contribution >= 0.6 is 0 Å². The normalized spacial score (nSPS) is 52.0. The molecule has 0 heterocycles. The van der Waals surface area contributed by atoms with Gasteiger partial charge >= 0.3 is 0 Å². The Labute approximate surface area is 153 Å². The van der Waals surface area contributed by atoms with Gasteiger partial charge in [0.1, 0.15) is 0 Å². The first-order valence-electron chi connectivity index (χ1n) is 10.9. The van der Waals surface area contributed by atoms with Crippen LogP contribution in [-0.2, 0) is 4.79 Å². The Hall–Kier alpha value is -0.570. The molecule has 0 spiro atoms. The minimum atomic E-state index is -0.0522. The van der Waals surface area contributed by atoms with Crippen LogP contribution in [0.25, 0.3) is 0 Å². The zero-order valence-corrected chi connectivity index (χ0v) is 16.4. The summed E-state index contributed by atoms with van der Waals surface area (Å²) in [5.74, 6) is 3.44. The van der Waals surface area contributed by atoms with E-state index in [0.29, 0.717) is 23.3 Å². The molecule has 25 heavy (non-hydrogen) atoms. The highest BCUT2D eigenvalue weighted by molar-refractivity contribution is 5.76. The van der Waals surface area contributed by atoms with Crippen molar-refractivity contribution >= 4 is 5.91 Å². The molecule has 0 aromatic rings. The molecule has 0 unspecified atom stereocenters. The zero-order chi connectivity index (χ0) is 17.8. The van der Waals surface area contributed by atoms with Crippen molar-refractivity contribution in [1.82, 2.24) is 5.32 Å². The van der Waals surface area contributed by atoms with Crippen molar-refractivity contribution in [2.75, 3.05) is 0 Å². The molecule has 4 aliphatic carbocycles. The average Bonchev–Trinajstić information content (AvgIpc) is 2.92. The van der Waals surface area contributed by atoms with E-state index in [4.69, 9.17) is 0 Å². The quantitative estimate of drug-likeness (QED) is 0.783. The highest BCUT2D eigenvalue weighted by atomic mass is 16.3. The summed E-state index contributed by atoms with van der Waals surface area (Å²) in [5.41, 5.74) is 0.762. The van der Waals surface area contributed by atoms with Crippen LogP contribution in [0.3, 0.4) is 0 Å². The number of amides is 1. The molecule has 3 nitrogen and oxygen atoms in total. The van der Waals surface area contributed by atoms with Gasteiger partial charge in [-0.05, 0) is 92.3 Å². The summed E-state index contributed by atoms with van der Waals surface area (Å²) in [4.78, 5) is 12.0. The molecule has 4 aliphatic rings. The van der Waals surface area contributed by atoms with Gasteiger partial charge in [0, 0.05) is 12.5 Å². The number of hydrogen-bond acceptors (Lipinski definition) is 2. The molecule has 8 atom stereocenters. The van der Waals surface area contributed by atoms with Crippen LogP contribution in [-0.4, -0.2) is 23.2 Å². The topological polar surface area (TPSA) is 49.3 Å². The van der Waals surface area contributed by atoms with Gasteiger partial charge in [-0.2, -0.15) is 0 Å². The van der Waals surface area contributed by atoms with Crippen molar-refractivity contribution in [2.45, 2.75) is 97.1 Å². The van der Waals surface area contributed by atoms with Crippen molar-refractivity contribution in [1.29, 1.82) is 0 Å². The van der Waals surface area contributed by atoms with E-state index in [1.807, 2.05) is 6.92 Å². The molecule has 0 saturated heterocycles. The van der Waals surface area contributed by atoms with E-state index in [2.05, 4.69) is 19.2 Å². The lowest BCUT2D eigenvalue weighted by atomic mass is 9.45. The van der Waals surface area contributed by atoms with Crippen molar-refractivity contribution < 1.29 is 9.90 Å². The lowest BCUT2D eigenvalue weighted by molar-refractivity contribution is -0.129. The molecule has 4 rings (SSSR count). The van der Waals surface area contributed by atoms with E-state index in [0.717, 1.165) is 36.5 Å². The first kappa shape index (κ1) is 17.8. The maximum atomic E-state index is 12.0. The smallest absolute Gasteiger partial charge is 0.219 e. The summed E-state index contributed by atoms with van der Waals surface area (Å²) in [6, 6.07) is 0.393. The minimum Gasteiger partial charge on any atom is -0.393 e. The van der Waals surface area contributed by atoms with Crippen molar-refractivity contribution in [3.05, 3.63) is 0 Å². The molecule has 0 aromatic carbocycles. The Kier molecular flexibility index (Phi) is 4.46. The lowest BCUT2D eigenvalue weighted by Crippen LogP contribution is -2.56. The van der Waals surface area contributed by atoms with E-state index in [1.54, 1.807) is 0 Å². The van der Waals surface area contributed by atoms with Gasteiger partial charge in [0.15, 0.2) is 0 Å². The van der Waals surface area contributed by atoms with Crippen molar-refractivity contribution in [3.63, 3.8) is 0 Å². The maximum Gasteiger partial charge on any atom is 0.219 e. The molecular weight excluding hydrogens is 310 g/mol. The van der Waals surface area contributed by atoms with Crippen molar-refractivity contribution in [2.24, 2.45) is 34.5 Å². The third-order valence-electron chi connectivity index (χ3n) is 9.29. The highest BCUT2D eigenvalue weighted by Gasteiger charge is 2.60. The molecular formula is C22H37NO2. The summed E-state index contributed by atoms with van der Waals surface area (Å²) < 4.78 is 0. The average molecular weight is 348 g/mol. The summed E-state index contributed by atoms with van der Waals surface area (Å²) >= 11 is 0. The fourth-order valence-electron chi connectivity index (χ4n) is 7.77. The van der Waals surface area contributed by atoms with Crippen LogP contribution in [0.5, 0.6) is 0 Å². The van der Waals surface area contributed by atoms with Gasteiger partial charge in [-0.25, -0.2) is 0 Å². The largest absolute Gasteiger partial charge is 0.393 e. The van der Waals surface area contributed by atoms with E-state index in [-0.39, 0.29) is 12.0 Å². The fourth-order valence-corrected chi connectivity index (χ4v) is 7.77. The van der Waals surface area contributed by atoms with E-state index >= 15 is 0 Å². The van der Waals surface area contributed by atoms with Gasteiger partial charge < -0.3 is 10.4 Å². The summed E-state index contributed by atoms with van der Waals surface area (Å²) in [6.07, 6.45) is 11.6. The molecule has 0 aliphatic heterocycles. The Morgan fingerprint density at radius 2 is 1.72 bits per heavy atom. The SMILES string of the molecule is CCC(=O)N[C@H]1CC[C@H]2[C@@H]3CC[C@H]4C[C@H](O)CC[C@]4(C)[C@H]3CC[C@]12C. The third-order valence-corrected chi connectivity index (χ3v) is 9.29. The lowest BCUT2D eigenvalue weighted by Gasteiger charge is -2.60. The van der Waals surface area contributed by atoms with Crippen LogP contribution in [0.4, 0.5) is 0 Å². The molecule has 0 bridgehead atoms. The van der Waals surface area contributed by atoms with E-state index in [9.17, 15) is 9.90 Å². The molecule has 1 amide bonds. The number of aliphatic hydroxyl groups excluding tert-OH is 1. The van der Waals surface area contributed by atoms with Crippen molar-refractivity contribution in [3.8, 4) is 0 Å². The monoisotopic (exact) mass is 347 g/mol. The molecule has 4 fully saturated rings. The second-order valence-electron chi connectivity index (χ2n) is 10.2. The molecule has 0 radical (unpaired) electrons. The summed E-state index contributed by atoms with van der Waals surface area (Å²) in [7, 11) is 0. The number of aliphatic hydroxyl groups is 1. The second-order valence-corrected chi connectivity index (χ2v) is 10.2. The molecule has 3 heteroatoms. The fraction of sp³-hybridized carbons (Fsp3) is 0.955. The number of carbonyl (C=O) groups is 1. The number of rotatable bonds is 2. The second kappa shape index (κ2) is 6.25. The molecule has 2 N–H and O–H groups in total. The van der Waals surface area contributed by atoms with Gasteiger partial charge in [-0.1, -0.05) is 20.8 Å². The van der Waals surface area contributed by atoms with Gasteiger partial charge in [-0.3, -0.25) is 4.79 Å². The Morgan fingerprint density at radius 3 is 2.48 bits per heavy atom. The first-order chi connectivity index (χ1) is 11.9. The van der Waals surface area contributed by atoms with Gasteiger partial charge in [0.05, 0.1) is 6.10 Å². The number of nitrogens with one attached hydrogen (secondary N) is 1. The minimum absolute atomic E-state index is 0.0522. The van der Waals surface area contributed by atoms with Gasteiger partial charge in [0.2, 0.25) is 5.91 Å². The van der Waals surface area contributed by atoms with Crippen LogP contribution in [0.1, 0.15) is 85.0 Å². The molecule has 0 aromatic heterocycles. The molecule has 142 valence electrons. The van der Waals surface area contributed by atoms with Crippen LogP contribution in [0, 0.1) is 34.5 Å². The van der Waals surface area contributed by atoms with Crippen LogP contribution < -0.4 is 5.32 Å².